The summed E-state index contributed by atoms with van der Waals surface area (Å²) in [4.78, 5) is 0. The summed E-state index contributed by atoms with van der Waals surface area (Å²) < 4.78 is 12.8. The first-order valence-corrected chi connectivity index (χ1v) is 3.56. The van der Waals surface area contributed by atoms with Crippen LogP contribution in [0.5, 0.6) is 0 Å². The van der Waals surface area contributed by atoms with Crippen molar-refractivity contribution >= 4 is 0 Å². The molecule has 0 saturated heterocycles. The molecule has 0 atom stereocenters. The average molecular weight is 141 g/mol. The minimum Gasteiger partial charge on any atom is -0.303 e. The largest absolute Gasteiger partial charge is 0.303 e. The molecule has 10 heavy (non-hydrogen) atoms. The minimum atomic E-state index is -0.880. The van der Waals surface area contributed by atoms with E-state index in [9.17, 15) is 4.39 Å². The molecule has 1 saturated carbocycles. The fraction of sp³-hybridized carbons (Fsp3) is 0.750. The molecule has 0 heterocycles. The van der Waals surface area contributed by atoms with Gasteiger partial charge in [-0.15, -0.1) is 5.92 Å². The molecular weight excluding hydrogens is 129 g/mol. The lowest BCUT2D eigenvalue weighted by molar-refractivity contribution is 0.300. The van der Waals surface area contributed by atoms with Crippen molar-refractivity contribution < 1.29 is 4.39 Å². The van der Waals surface area contributed by atoms with Gasteiger partial charge in [0.25, 0.3) is 0 Å². The monoisotopic (exact) mass is 141 g/mol. The highest BCUT2D eigenvalue weighted by Gasteiger charge is 2.42. The second kappa shape index (κ2) is 3.03. The fourth-order valence-electron chi connectivity index (χ4n) is 0.750. The number of rotatable bonds is 3. The Morgan fingerprint density at radius 2 is 2.30 bits per heavy atom. The summed E-state index contributed by atoms with van der Waals surface area (Å²) in [5, 5.41) is 2.94. The van der Waals surface area contributed by atoms with Crippen molar-refractivity contribution in [3.8, 4) is 11.8 Å². The third-order valence-corrected chi connectivity index (χ3v) is 1.62. The maximum absolute atomic E-state index is 12.8. The quantitative estimate of drug-likeness (QED) is 0.458. The summed E-state index contributed by atoms with van der Waals surface area (Å²) in [6.07, 6.45) is 1.44. The molecule has 1 aliphatic carbocycles. The van der Waals surface area contributed by atoms with Crippen LogP contribution in [0.1, 0.15) is 19.8 Å². The molecule has 0 aromatic heterocycles. The highest BCUT2D eigenvalue weighted by molar-refractivity contribution is 5.00. The molecule has 0 aliphatic heterocycles. The van der Waals surface area contributed by atoms with Crippen molar-refractivity contribution in [2.75, 3.05) is 13.1 Å². The smallest absolute Gasteiger partial charge is 0.123 e. The van der Waals surface area contributed by atoms with E-state index in [-0.39, 0.29) is 0 Å². The normalized spacial score (nSPS) is 19.4. The van der Waals surface area contributed by atoms with E-state index in [4.69, 9.17) is 0 Å². The Hall–Kier alpha value is -0.550. The molecule has 0 aromatic carbocycles. The Bertz CT molecular complexity index is 162. The molecule has 1 nitrogen and oxygen atoms in total. The highest BCUT2D eigenvalue weighted by atomic mass is 19.1. The van der Waals surface area contributed by atoms with Crippen LogP contribution in [0, 0.1) is 11.8 Å². The number of alkyl halides is 1. The molecule has 1 N–H and O–H groups in total. The molecule has 0 aromatic rings. The van der Waals surface area contributed by atoms with Gasteiger partial charge in [0, 0.05) is 6.54 Å². The number of hydrogen-bond donors (Lipinski definition) is 1. The van der Waals surface area contributed by atoms with Crippen LogP contribution in [-0.2, 0) is 0 Å². The number of halogens is 1. The lowest BCUT2D eigenvalue weighted by Crippen LogP contribution is -2.25. The number of nitrogens with one attached hydrogen (secondary N) is 1. The van der Waals surface area contributed by atoms with Crippen molar-refractivity contribution in [3.63, 3.8) is 0 Å². The van der Waals surface area contributed by atoms with E-state index >= 15 is 0 Å². The summed E-state index contributed by atoms with van der Waals surface area (Å²) >= 11 is 0. The molecule has 56 valence electrons. The predicted octanol–water partition coefficient (Wildman–Crippen LogP) is 1.10. The van der Waals surface area contributed by atoms with Crippen molar-refractivity contribution in [1.29, 1.82) is 0 Å². The Labute approximate surface area is 61.0 Å². The Morgan fingerprint density at radius 3 is 2.80 bits per heavy atom. The second-order valence-corrected chi connectivity index (χ2v) is 2.68. The van der Waals surface area contributed by atoms with Gasteiger partial charge in [0.1, 0.15) is 5.67 Å². The average Bonchev–Trinajstić information content (AvgIpc) is 2.62. The predicted molar refractivity (Wildman–Crippen MR) is 39.4 cm³/mol. The lowest BCUT2D eigenvalue weighted by Gasteiger charge is -2.02. The van der Waals surface area contributed by atoms with Gasteiger partial charge in [0.15, 0.2) is 0 Å². The molecule has 0 spiro atoms. The van der Waals surface area contributed by atoms with E-state index in [0.29, 0.717) is 13.1 Å². The molecule has 1 rings (SSSR count). The number of hydrogen-bond acceptors (Lipinski definition) is 1. The van der Waals surface area contributed by atoms with Crippen molar-refractivity contribution in [3.05, 3.63) is 0 Å². The SMILES string of the molecule is CC#CCNCC1(F)CC1. The van der Waals surface area contributed by atoms with Crippen LogP contribution in [0.4, 0.5) is 4.39 Å². The summed E-state index contributed by atoms with van der Waals surface area (Å²) in [6, 6.07) is 0. The Balaban J connectivity index is 1.99. The van der Waals surface area contributed by atoms with Gasteiger partial charge in [-0.05, 0) is 19.8 Å². The van der Waals surface area contributed by atoms with Gasteiger partial charge in [-0.25, -0.2) is 4.39 Å². The van der Waals surface area contributed by atoms with Gasteiger partial charge in [-0.1, -0.05) is 5.92 Å². The third-order valence-electron chi connectivity index (χ3n) is 1.62. The van der Waals surface area contributed by atoms with Crippen LogP contribution >= 0.6 is 0 Å². The first kappa shape index (κ1) is 7.56. The second-order valence-electron chi connectivity index (χ2n) is 2.68. The zero-order valence-electron chi connectivity index (χ0n) is 6.21. The highest BCUT2D eigenvalue weighted by Crippen LogP contribution is 2.38. The zero-order chi connectivity index (χ0) is 7.45. The summed E-state index contributed by atoms with van der Waals surface area (Å²) in [7, 11) is 0. The van der Waals surface area contributed by atoms with Crippen LogP contribution in [0.25, 0.3) is 0 Å². The first-order chi connectivity index (χ1) is 4.77. The molecule has 0 amide bonds. The molecule has 0 radical (unpaired) electrons. The van der Waals surface area contributed by atoms with E-state index in [1.165, 1.54) is 0 Å². The molecule has 1 aliphatic rings. The Kier molecular flexibility index (Phi) is 2.29. The first-order valence-electron chi connectivity index (χ1n) is 3.56. The van der Waals surface area contributed by atoms with E-state index in [1.54, 1.807) is 6.92 Å². The van der Waals surface area contributed by atoms with Crippen molar-refractivity contribution in [2.24, 2.45) is 0 Å². The molecule has 1 fully saturated rings. The topological polar surface area (TPSA) is 12.0 Å². The van der Waals surface area contributed by atoms with E-state index in [0.717, 1.165) is 12.8 Å². The summed E-state index contributed by atoms with van der Waals surface area (Å²) in [6.45, 7) is 2.87. The fourth-order valence-corrected chi connectivity index (χ4v) is 0.750. The van der Waals surface area contributed by atoms with Crippen LogP contribution in [0.2, 0.25) is 0 Å². The van der Waals surface area contributed by atoms with Crippen LogP contribution < -0.4 is 5.32 Å². The van der Waals surface area contributed by atoms with Gasteiger partial charge in [0.05, 0.1) is 6.54 Å². The third kappa shape index (κ3) is 2.36. The van der Waals surface area contributed by atoms with Gasteiger partial charge < -0.3 is 5.32 Å². The maximum atomic E-state index is 12.8. The minimum absolute atomic E-state index is 0.474. The van der Waals surface area contributed by atoms with Gasteiger partial charge in [-0.3, -0.25) is 0 Å². The summed E-state index contributed by atoms with van der Waals surface area (Å²) in [5.74, 6) is 5.56. The molecule has 2 heteroatoms. The Morgan fingerprint density at radius 1 is 1.60 bits per heavy atom. The zero-order valence-corrected chi connectivity index (χ0v) is 6.21. The standard InChI is InChI=1S/C8H12FN/c1-2-3-6-10-7-8(9)4-5-8/h10H,4-7H2,1H3. The van der Waals surface area contributed by atoms with Crippen molar-refractivity contribution in [1.82, 2.24) is 5.32 Å². The molecule has 0 bridgehead atoms. The summed E-state index contributed by atoms with van der Waals surface area (Å²) in [5.41, 5.74) is -0.880. The lowest BCUT2D eigenvalue weighted by atomic mass is 10.4. The maximum Gasteiger partial charge on any atom is 0.123 e. The van der Waals surface area contributed by atoms with Crippen LogP contribution in [-0.4, -0.2) is 18.8 Å². The molecular formula is C8H12FN. The van der Waals surface area contributed by atoms with E-state index in [2.05, 4.69) is 17.2 Å². The van der Waals surface area contributed by atoms with Gasteiger partial charge >= 0.3 is 0 Å². The van der Waals surface area contributed by atoms with E-state index < -0.39 is 5.67 Å². The van der Waals surface area contributed by atoms with E-state index in [1.807, 2.05) is 0 Å². The molecule has 0 unspecified atom stereocenters. The van der Waals surface area contributed by atoms with Crippen molar-refractivity contribution in [2.45, 2.75) is 25.4 Å². The van der Waals surface area contributed by atoms with Crippen LogP contribution in [0.15, 0.2) is 0 Å². The van der Waals surface area contributed by atoms with Gasteiger partial charge in [0.2, 0.25) is 0 Å². The van der Waals surface area contributed by atoms with Crippen LogP contribution in [0.3, 0.4) is 0 Å². The van der Waals surface area contributed by atoms with Gasteiger partial charge in [-0.2, -0.15) is 0 Å².